The van der Waals surface area contributed by atoms with E-state index in [9.17, 15) is 4.79 Å². The minimum absolute atomic E-state index is 0.151. The van der Waals surface area contributed by atoms with E-state index < -0.39 is 0 Å². The van der Waals surface area contributed by atoms with Gasteiger partial charge >= 0.3 is 0 Å². The Hall–Kier alpha value is -1.84. The van der Waals surface area contributed by atoms with E-state index in [1.807, 2.05) is 6.07 Å². The van der Waals surface area contributed by atoms with Crippen molar-refractivity contribution in [2.45, 2.75) is 6.42 Å². The van der Waals surface area contributed by atoms with Gasteiger partial charge in [0.25, 0.3) is 5.91 Å². The third kappa shape index (κ3) is 3.83. The number of nitrogens with one attached hydrogen (secondary N) is 2. The van der Waals surface area contributed by atoms with Crippen LogP contribution >= 0.6 is 0 Å². The number of hydrogen-bond acceptors (Lipinski definition) is 4. The molecule has 0 aromatic carbocycles. The molecule has 0 bridgehead atoms. The molecule has 20 heavy (non-hydrogen) atoms. The summed E-state index contributed by atoms with van der Waals surface area (Å²) in [6.07, 6.45) is 2.63. The number of nitriles is 1. The Labute approximate surface area is 118 Å². The molecule has 0 unspecified atom stereocenters. The Kier molecular flexibility index (Phi) is 5.16. The van der Waals surface area contributed by atoms with Gasteiger partial charge in [-0.15, -0.1) is 0 Å². The largest absolute Gasteiger partial charge is 0.383 e. The third-order valence-corrected chi connectivity index (χ3v) is 3.59. The van der Waals surface area contributed by atoms with Gasteiger partial charge in [0.2, 0.25) is 0 Å². The highest BCUT2D eigenvalue weighted by Gasteiger charge is 2.22. The summed E-state index contributed by atoms with van der Waals surface area (Å²) in [4.78, 5) is 17.1. The van der Waals surface area contributed by atoms with Gasteiger partial charge in [-0.25, -0.2) is 0 Å². The molecule has 0 spiro atoms. The molecule has 2 heterocycles. The fourth-order valence-corrected chi connectivity index (χ4v) is 2.43. The number of methoxy groups -OCH3 is 1. The molecule has 1 aromatic rings. The molecule has 1 amide bonds. The lowest BCUT2D eigenvalue weighted by Crippen LogP contribution is -2.31. The number of carbonyl (C=O) groups is 1. The van der Waals surface area contributed by atoms with Gasteiger partial charge in [-0.3, -0.25) is 4.79 Å². The number of aromatic amines is 1. The van der Waals surface area contributed by atoms with E-state index in [2.05, 4.69) is 15.2 Å². The molecule has 2 rings (SSSR count). The summed E-state index contributed by atoms with van der Waals surface area (Å²) >= 11 is 0. The minimum atomic E-state index is -0.151. The standard InChI is InChI=1S/C14H20N4O2/c1-20-5-4-18-3-2-11(10-18)8-17-14(19)13-6-12(7-15)9-16-13/h6,9,11,16H,2-5,8,10H2,1H3,(H,17,19)/t11-/m1/s1. The van der Waals surface area contributed by atoms with Crippen LogP contribution in [0, 0.1) is 17.2 Å². The first-order valence-corrected chi connectivity index (χ1v) is 6.81. The second-order valence-corrected chi connectivity index (χ2v) is 5.07. The van der Waals surface area contributed by atoms with Gasteiger partial charge in [-0.05, 0) is 24.9 Å². The van der Waals surface area contributed by atoms with Crippen LogP contribution in [0.2, 0.25) is 0 Å². The van der Waals surface area contributed by atoms with Crippen molar-refractivity contribution in [1.82, 2.24) is 15.2 Å². The van der Waals surface area contributed by atoms with Crippen LogP contribution in [0.25, 0.3) is 0 Å². The molecule has 1 aliphatic heterocycles. The molecule has 1 saturated heterocycles. The van der Waals surface area contributed by atoms with Crippen LogP contribution in [-0.4, -0.2) is 55.7 Å². The van der Waals surface area contributed by atoms with Gasteiger partial charge in [0.05, 0.1) is 12.2 Å². The monoisotopic (exact) mass is 276 g/mol. The Morgan fingerprint density at radius 3 is 3.25 bits per heavy atom. The lowest BCUT2D eigenvalue weighted by Gasteiger charge is -2.15. The van der Waals surface area contributed by atoms with Crippen LogP contribution in [0.3, 0.4) is 0 Å². The maximum Gasteiger partial charge on any atom is 0.267 e. The Morgan fingerprint density at radius 1 is 1.70 bits per heavy atom. The van der Waals surface area contributed by atoms with Crippen LogP contribution in [0.15, 0.2) is 12.3 Å². The third-order valence-electron chi connectivity index (χ3n) is 3.59. The van der Waals surface area contributed by atoms with Gasteiger partial charge in [-0.2, -0.15) is 5.26 Å². The molecular formula is C14H20N4O2. The molecule has 0 radical (unpaired) electrons. The average Bonchev–Trinajstić information content (AvgIpc) is 3.11. The zero-order valence-corrected chi connectivity index (χ0v) is 11.7. The maximum absolute atomic E-state index is 11.9. The van der Waals surface area contributed by atoms with Crippen molar-refractivity contribution in [1.29, 1.82) is 5.26 Å². The fourth-order valence-electron chi connectivity index (χ4n) is 2.43. The van der Waals surface area contributed by atoms with E-state index in [0.717, 1.165) is 32.7 Å². The number of aromatic nitrogens is 1. The normalized spacial score (nSPS) is 18.9. The smallest absolute Gasteiger partial charge is 0.267 e. The highest BCUT2D eigenvalue weighted by atomic mass is 16.5. The Bertz CT molecular complexity index is 492. The Morgan fingerprint density at radius 2 is 2.55 bits per heavy atom. The molecular weight excluding hydrogens is 256 g/mol. The number of nitrogens with zero attached hydrogens (tertiary/aromatic N) is 2. The van der Waals surface area contributed by atoms with E-state index in [1.165, 1.54) is 6.20 Å². The van der Waals surface area contributed by atoms with E-state index in [-0.39, 0.29) is 5.91 Å². The predicted molar refractivity (Wildman–Crippen MR) is 74.3 cm³/mol. The van der Waals surface area contributed by atoms with E-state index in [4.69, 9.17) is 10.00 Å². The lowest BCUT2D eigenvalue weighted by molar-refractivity contribution is 0.0942. The number of amides is 1. The van der Waals surface area contributed by atoms with Crippen molar-refractivity contribution in [3.63, 3.8) is 0 Å². The van der Waals surface area contributed by atoms with Crippen molar-refractivity contribution < 1.29 is 9.53 Å². The number of carbonyl (C=O) groups excluding carboxylic acids is 1. The molecule has 6 heteroatoms. The molecule has 1 aromatic heterocycles. The van der Waals surface area contributed by atoms with Crippen LogP contribution in [0.1, 0.15) is 22.5 Å². The minimum Gasteiger partial charge on any atom is -0.383 e. The summed E-state index contributed by atoms with van der Waals surface area (Å²) in [5.74, 6) is 0.336. The summed E-state index contributed by atoms with van der Waals surface area (Å²) in [5, 5.41) is 11.6. The number of H-pyrrole nitrogens is 1. The van der Waals surface area contributed by atoms with Gasteiger partial charge in [-0.1, -0.05) is 0 Å². The molecule has 6 nitrogen and oxygen atoms in total. The number of rotatable bonds is 6. The van der Waals surface area contributed by atoms with Crippen LogP contribution in [0.4, 0.5) is 0 Å². The van der Waals surface area contributed by atoms with Crippen molar-refractivity contribution >= 4 is 5.91 Å². The second-order valence-electron chi connectivity index (χ2n) is 5.07. The van der Waals surface area contributed by atoms with Crippen LogP contribution < -0.4 is 5.32 Å². The van der Waals surface area contributed by atoms with Gasteiger partial charge in [0, 0.05) is 32.9 Å². The van der Waals surface area contributed by atoms with Gasteiger partial charge < -0.3 is 19.9 Å². The molecule has 108 valence electrons. The molecule has 0 saturated carbocycles. The van der Waals surface area contributed by atoms with E-state index >= 15 is 0 Å². The molecule has 2 N–H and O–H groups in total. The Balaban J connectivity index is 1.73. The van der Waals surface area contributed by atoms with Crippen molar-refractivity contribution in [2.75, 3.05) is 39.9 Å². The van der Waals surface area contributed by atoms with E-state index in [1.54, 1.807) is 13.2 Å². The highest BCUT2D eigenvalue weighted by molar-refractivity contribution is 5.92. The van der Waals surface area contributed by atoms with Crippen LogP contribution in [-0.2, 0) is 4.74 Å². The lowest BCUT2D eigenvalue weighted by atomic mass is 10.1. The number of ether oxygens (including phenoxy) is 1. The quantitative estimate of drug-likeness (QED) is 0.796. The summed E-state index contributed by atoms with van der Waals surface area (Å²) in [6.45, 7) is 4.42. The van der Waals surface area contributed by atoms with Gasteiger partial charge in [0.15, 0.2) is 0 Å². The SMILES string of the molecule is COCCN1CC[C@H](CNC(=O)c2cc(C#N)c[nH]2)C1. The molecule has 1 aliphatic rings. The zero-order chi connectivity index (χ0) is 14.4. The average molecular weight is 276 g/mol. The summed E-state index contributed by atoms with van der Waals surface area (Å²) in [7, 11) is 1.71. The van der Waals surface area contributed by atoms with Crippen molar-refractivity contribution in [3.05, 3.63) is 23.5 Å². The molecule has 0 aliphatic carbocycles. The highest BCUT2D eigenvalue weighted by Crippen LogP contribution is 2.15. The van der Waals surface area contributed by atoms with Crippen LogP contribution in [0.5, 0.6) is 0 Å². The first-order chi connectivity index (χ1) is 9.72. The maximum atomic E-state index is 11.9. The van der Waals surface area contributed by atoms with Crippen molar-refractivity contribution in [3.8, 4) is 6.07 Å². The number of likely N-dealkylation sites (tertiary alicyclic amines) is 1. The number of hydrogen-bond donors (Lipinski definition) is 2. The second kappa shape index (κ2) is 7.08. The first kappa shape index (κ1) is 14.6. The van der Waals surface area contributed by atoms with Gasteiger partial charge in [0.1, 0.15) is 11.8 Å². The van der Waals surface area contributed by atoms with Crippen molar-refractivity contribution in [2.24, 2.45) is 5.92 Å². The topological polar surface area (TPSA) is 81.2 Å². The summed E-state index contributed by atoms with van der Waals surface area (Å²) < 4.78 is 5.07. The summed E-state index contributed by atoms with van der Waals surface area (Å²) in [5.41, 5.74) is 0.914. The summed E-state index contributed by atoms with van der Waals surface area (Å²) in [6, 6.07) is 3.56. The molecule has 1 atom stereocenters. The predicted octanol–water partition coefficient (Wildman–Crippen LogP) is 0.584. The zero-order valence-electron chi connectivity index (χ0n) is 11.7. The first-order valence-electron chi connectivity index (χ1n) is 6.81. The van der Waals surface area contributed by atoms with E-state index in [0.29, 0.717) is 23.7 Å². The fraction of sp³-hybridized carbons (Fsp3) is 0.571. The molecule has 1 fully saturated rings.